The number of alkyl halides is 2. The molecule has 0 atom stereocenters. The van der Waals surface area contributed by atoms with Crippen molar-refractivity contribution in [3.05, 3.63) is 39.4 Å². The fraction of sp³-hybridized carbons (Fsp3) is 0.571. The molecule has 1 saturated heterocycles. The summed E-state index contributed by atoms with van der Waals surface area (Å²) in [6.45, 7) is 4.57. The summed E-state index contributed by atoms with van der Waals surface area (Å²) in [6.07, 6.45) is 0. The van der Waals surface area contributed by atoms with Gasteiger partial charge in [0.2, 0.25) is 0 Å². The third kappa shape index (κ3) is 3.95. The molecule has 116 valence electrons. The van der Waals surface area contributed by atoms with Crippen LogP contribution in [0.3, 0.4) is 0 Å². The number of nitro benzene ring substituents is 1. The monoisotopic (exact) mass is 299 g/mol. The maximum Gasteiger partial charge on any atom is 0.271 e. The van der Waals surface area contributed by atoms with Crippen molar-refractivity contribution in [2.45, 2.75) is 19.4 Å². The summed E-state index contributed by atoms with van der Waals surface area (Å²) >= 11 is 0. The lowest BCUT2D eigenvalue weighted by atomic mass is 10.0. The van der Waals surface area contributed by atoms with Gasteiger partial charge in [0.05, 0.1) is 4.92 Å². The number of non-ortho nitro benzene ring substituents is 1. The van der Waals surface area contributed by atoms with Crippen molar-refractivity contribution in [1.82, 2.24) is 9.80 Å². The number of nitrogens with zero attached hydrogens (tertiary/aromatic N) is 3. The number of benzene rings is 1. The van der Waals surface area contributed by atoms with Crippen LogP contribution in [0.5, 0.6) is 0 Å². The summed E-state index contributed by atoms with van der Waals surface area (Å²) in [7, 11) is 2.02. The first-order valence-electron chi connectivity index (χ1n) is 6.84. The molecule has 0 aromatic heterocycles. The molecule has 1 fully saturated rings. The third-order valence-corrected chi connectivity index (χ3v) is 3.77. The maximum atomic E-state index is 13.7. The number of nitro groups is 1. The smallest absolute Gasteiger partial charge is 0.271 e. The highest BCUT2D eigenvalue weighted by molar-refractivity contribution is 5.42. The molecule has 2 rings (SSSR count). The Labute approximate surface area is 122 Å². The summed E-state index contributed by atoms with van der Waals surface area (Å²) in [6, 6.07) is 3.73. The standard InChI is InChI=1S/C14H19F2N3O2/c1-14(15,16)13-9-12(19(20)21)4-3-11(13)10-18-7-5-17(2)6-8-18/h3-4,9H,5-8,10H2,1-2H3. The van der Waals surface area contributed by atoms with E-state index < -0.39 is 10.8 Å². The molecule has 7 heteroatoms. The average molecular weight is 299 g/mol. The van der Waals surface area contributed by atoms with E-state index in [0.29, 0.717) is 12.1 Å². The average Bonchev–Trinajstić information content (AvgIpc) is 2.40. The first-order chi connectivity index (χ1) is 9.77. The molecular weight excluding hydrogens is 280 g/mol. The zero-order valence-corrected chi connectivity index (χ0v) is 12.2. The summed E-state index contributed by atoms with van der Waals surface area (Å²) in [5.41, 5.74) is -0.0954. The Hall–Kier alpha value is -1.60. The number of likely N-dealkylation sites (N-methyl/N-ethyl adjacent to an activating group) is 1. The molecule has 5 nitrogen and oxygen atoms in total. The summed E-state index contributed by atoms with van der Waals surface area (Å²) in [4.78, 5) is 14.4. The Kier molecular flexibility index (Phi) is 4.53. The predicted molar refractivity (Wildman–Crippen MR) is 75.4 cm³/mol. The van der Waals surface area contributed by atoms with Crippen LogP contribution in [0.1, 0.15) is 18.1 Å². The van der Waals surface area contributed by atoms with Crippen molar-refractivity contribution >= 4 is 5.69 Å². The van der Waals surface area contributed by atoms with Crippen LogP contribution in [-0.2, 0) is 12.5 Å². The van der Waals surface area contributed by atoms with Gasteiger partial charge in [0.1, 0.15) is 0 Å². The summed E-state index contributed by atoms with van der Waals surface area (Å²) in [5.74, 6) is -3.09. The molecule has 1 heterocycles. The van der Waals surface area contributed by atoms with E-state index in [4.69, 9.17) is 0 Å². The Bertz CT molecular complexity index is 523. The fourth-order valence-electron chi connectivity index (χ4n) is 2.47. The molecule has 0 spiro atoms. The zero-order chi connectivity index (χ0) is 15.6. The van der Waals surface area contributed by atoms with Crippen LogP contribution >= 0.6 is 0 Å². The number of hydrogen-bond donors (Lipinski definition) is 0. The first-order valence-corrected chi connectivity index (χ1v) is 6.84. The third-order valence-electron chi connectivity index (χ3n) is 3.77. The minimum atomic E-state index is -3.09. The number of halogens is 2. The molecule has 1 aromatic rings. The normalized spacial score (nSPS) is 17.9. The molecule has 0 radical (unpaired) electrons. The molecule has 0 unspecified atom stereocenters. The van der Waals surface area contributed by atoms with Crippen LogP contribution in [0.15, 0.2) is 18.2 Å². The van der Waals surface area contributed by atoms with Crippen molar-refractivity contribution in [3.63, 3.8) is 0 Å². The molecule has 1 aromatic carbocycles. The molecule has 0 amide bonds. The molecule has 21 heavy (non-hydrogen) atoms. The van der Waals surface area contributed by atoms with Gasteiger partial charge >= 0.3 is 0 Å². The number of piperazine rings is 1. The van der Waals surface area contributed by atoms with E-state index in [9.17, 15) is 18.9 Å². The Balaban J connectivity index is 2.24. The van der Waals surface area contributed by atoms with Crippen LogP contribution < -0.4 is 0 Å². The second kappa shape index (κ2) is 6.03. The molecule has 1 aliphatic heterocycles. The quantitative estimate of drug-likeness (QED) is 0.633. The lowest BCUT2D eigenvalue weighted by Crippen LogP contribution is -2.44. The molecule has 0 bridgehead atoms. The van der Waals surface area contributed by atoms with E-state index in [-0.39, 0.29) is 11.3 Å². The largest absolute Gasteiger partial charge is 0.304 e. The van der Waals surface area contributed by atoms with Crippen LogP contribution in [0.2, 0.25) is 0 Å². The summed E-state index contributed by atoms with van der Waals surface area (Å²) in [5, 5.41) is 10.8. The van der Waals surface area contributed by atoms with Gasteiger partial charge in [0.25, 0.3) is 11.6 Å². The highest BCUT2D eigenvalue weighted by atomic mass is 19.3. The number of rotatable bonds is 4. The van der Waals surface area contributed by atoms with Gasteiger partial charge in [-0.1, -0.05) is 6.07 Å². The van der Waals surface area contributed by atoms with E-state index in [1.165, 1.54) is 12.1 Å². The van der Waals surface area contributed by atoms with Crippen molar-refractivity contribution in [3.8, 4) is 0 Å². The Morgan fingerprint density at radius 2 is 1.90 bits per heavy atom. The molecular formula is C14H19F2N3O2. The van der Waals surface area contributed by atoms with Gasteiger partial charge in [0, 0.05) is 57.3 Å². The topological polar surface area (TPSA) is 49.6 Å². The molecule has 1 aliphatic rings. The van der Waals surface area contributed by atoms with Crippen LogP contribution in [0.4, 0.5) is 14.5 Å². The van der Waals surface area contributed by atoms with E-state index in [1.54, 1.807) is 0 Å². The van der Waals surface area contributed by atoms with Crippen molar-refractivity contribution < 1.29 is 13.7 Å². The van der Waals surface area contributed by atoms with Gasteiger partial charge in [-0.2, -0.15) is 0 Å². The molecule has 0 aliphatic carbocycles. The van der Waals surface area contributed by atoms with Crippen molar-refractivity contribution in [2.75, 3.05) is 33.2 Å². The second-order valence-corrected chi connectivity index (χ2v) is 5.57. The Morgan fingerprint density at radius 3 is 2.43 bits per heavy atom. The van der Waals surface area contributed by atoms with E-state index >= 15 is 0 Å². The van der Waals surface area contributed by atoms with Crippen LogP contribution in [-0.4, -0.2) is 47.9 Å². The van der Waals surface area contributed by atoms with Gasteiger partial charge in [-0.15, -0.1) is 0 Å². The minimum absolute atomic E-state index is 0.254. The van der Waals surface area contributed by atoms with Crippen LogP contribution in [0.25, 0.3) is 0 Å². The maximum absolute atomic E-state index is 13.7. The predicted octanol–water partition coefficient (Wildman–Crippen LogP) is 2.45. The SMILES string of the molecule is CN1CCN(Cc2ccc([N+](=O)[O-])cc2C(C)(F)F)CC1. The van der Waals surface area contributed by atoms with Crippen molar-refractivity contribution in [2.24, 2.45) is 0 Å². The minimum Gasteiger partial charge on any atom is -0.304 e. The highest BCUT2D eigenvalue weighted by Crippen LogP contribution is 2.33. The Morgan fingerprint density at radius 1 is 1.29 bits per heavy atom. The van der Waals surface area contributed by atoms with Crippen molar-refractivity contribution in [1.29, 1.82) is 0 Å². The van der Waals surface area contributed by atoms with Gasteiger partial charge in [-0.3, -0.25) is 15.0 Å². The van der Waals surface area contributed by atoms with E-state index in [2.05, 4.69) is 9.80 Å². The van der Waals surface area contributed by atoms with Gasteiger partial charge in [-0.25, -0.2) is 8.78 Å². The fourth-order valence-corrected chi connectivity index (χ4v) is 2.47. The highest BCUT2D eigenvalue weighted by Gasteiger charge is 2.30. The second-order valence-electron chi connectivity index (χ2n) is 5.57. The van der Waals surface area contributed by atoms with E-state index in [1.807, 2.05) is 7.05 Å². The first kappa shape index (κ1) is 15.8. The van der Waals surface area contributed by atoms with Gasteiger partial charge < -0.3 is 4.90 Å². The lowest BCUT2D eigenvalue weighted by Gasteiger charge is -2.33. The zero-order valence-electron chi connectivity index (χ0n) is 12.2. The molecule has 0 N–H and O–H groups in total. The van der Waals surface area contributed by atoms with Gasteiger partial charge in [-0.05, 0) is 12.6 Å². The summed E-state index contributed by atoms with van der Waals surface area (Å²) < 4.78 is 27.5. The van der Waals surface area contributed by atoms with Crippen LogP contribution in [0, 0.1) is 10.1 Å². The molecule has 0 saturated carbocycles. The number of hydrogen-bond acceptors (Lipinski definition) is 4. The van der Waals surface area contributed by atoms with Gasteiger partial charge in [0.15, 0.2) is 0 Å². The lowest BCUT2D eigenvalue weighted by molar-refractivity contribution is -0.385. The van der Waals surface area contributed by atoms with E-state index in [0.717, 1.165) is 39.2 Å².